The van der Waals surface area contributed by atoms with Gasteiger partial charge in [-0.3, -0.25) is 4.90 Å². The number of ether oxygens (including phenoxy) is 1. The molecule has 0 bridgehead atoms. The minimum atomic E-state index is 0.327. The zero-order valence-corrected chi connectivity index (χ0v) is 13.6. The maximum absolute atomic E-state index is 6.07. The first kappa shape index (κ1) is 16.3. The molecule has 3 nitrogen and oxygen atoms in total. The molecule has 0 aromatic heterocycles. The van der Waals surface area contributed by atoms with Crippen molar-refractivity contribution in [3.8, 4) is 5.75 Å². The van der Waals surface area contributed by atoms with Crippen LogP contribution < -0.4 is 10.5 Å². The molecule has 1 aromatic rings. The third kappa shape index (κ3) is 4.45. The molecule has 0 amide bonds. The van der Waals surface area contributed by atoms with E-state index in [9.17, 15) is 0 Å². The number of rotatable bonds is 7. The average Bonchev–Trinajstić information content (AvgIpc) is 2.55. The van der Waals surface area contributed by atoms with Crippen LogP contribution >= 0.6 is 0 Å². The van der Waals surface area contributed by atoms with Gasteiger partial charge in [0.25, 0.3) is 0 Å². The molecular formula is C18H30N2O. The highest BCUT2D eigenvalue weighted by atomic mass is 16.5. The SMILES string of the molecule is CCCOc1cccc(C(CN)N2CCC(CC)CC2)c1. The van der Waals surface area contributed by atoms with Crippen LogP contribution in [0.2, 0.25) is 0 Å². The van der Waals surface area contributed by atoms with Crippen molar-refractivity contribution in [2.75, 3.05) is 26.2 Å². The molecule has 0 radical (unpaired) electrons. The summed E-state index contributed by atoms with van der Waals surface area (Å²) in [6, 6.07) is 8.80. The molecule has 2 N–H and O–H groups in total. The third-order valence-corrected chi connectivity index (χ3v) is 4.61. The van der Waals surface area contributed by atoms with E-state index in [2.05, 4.69) is 36.9 Å². The zero-order chi connectivity index (χ0) is 15.1. The molecule has 1 unspecified atom stereocenters. The molecule has 0 aliphatic carbocycles. The molecule has 1 atom stereocenters. The van der Waals surface area contributed by atoms with Crippen molar-refractivity contribution in [2.24, 2.45) is 11.7 Å². The lowest BCUT2D eigenvalue weighted by atomic mass is 9.92. The second-order valence-electron chi connectivity index (χ2n) is 6.06. The van der Waals surface area contributed by atoms with Crippen LogP contribution in [-0.2, 0) is 0 Å². The number of nitrogens with zero attached hydrogens (tertiary/aromatic N) is 1. The molecule has 1 aliphatic rings. The Balaban J connectivity index is 2.03. The molecule has 2 rings (SSSR count). The Morgan fingerprint density at radius 3 is 2.67 bits per heavy atom. The van der Waals surface area contributed by atoms with Crippen molar-refractivity contribution in [2.45, 2.75) is 45.6 Å². The summed E-state index contributed by atoms with van der Waals surface area (Å²) < 4.78 is 5.75. The van der Waals surface area contributed by atoms with E-state index in [4.69, 9.17) is 10.5 Å². The number of benzene rings is 1. The van der Waals surface area contributed by atoms with Gasteiger partial charge in [0.05, 0.1) is 6.61 Å². The van der Waals surface area contributed by atoms with Crippen molar-refractivity contribution >= 4 is 0 Å². The Kier molecular flexibility index (Phi) is 6.52. The van der Waals surface area contributed by atoms with E-state index in [1.165, 1.54) is 37.9 Å². The van der Waals surface area contributed by atoms with E-state index in [1.54, 1.807) is 0 Å². The number of piperidine rings is 1. The third-order valence-electron chi connectivity index (χ3n) is 4.61. The monoisotopic (exact) mass is 290 g/mol. The highest BCUT2D eigenvalue weighted by Gasteiger charge is 2.24. The minimum absolute atomic E-state index is 0.327. The molecule has 21 heavy (non-hydrogen) atoms. The topological polar surface area (TPSA) is 38.5 Å². The van der Waals surface area contributed by atoms with Crippen molar-refractivity contribution in [3.05, 3.63) is 29.8 Å². The Morgan fingerprint density at radius 2 is 2.05 bits per heavy atom. The number of hydrogen-bond donors (Lipinski definition) is 1. The van der Waals surface area contributed by atoms with Crippen molar-refractivity contribution in [1.82, 2.24) is 4.90 Å². The smallest absolute Gasteiger partial charge is 0.119 e. The van der Waals surface area contributed by atoms with Gasteiger partial charge in [-0.1, -0.05) is 32.4 Å². The average molecular weight is 290 g/mol. The quantitative estimate of drug-likeness (QED) is 0.834. The van der Waals surface area contributed by atoms with Gasteiger partial charge in [-0.15, -0.1) is 0 Å². The summed E-state index contributed by atoms with van der Waals surface area (Å²) in [6.07, 6.45) is 4.95. The van der Waals surface area contributed by atoms with Crippen LogP contribution in [-0.4, -0.2) is 31.1 Å². The zero-order valence-electron chi connectivity index (χ0n) is 13.6. The van der Waals surface area contributed by atoms with Crippen molar-refractivity contribution < 1.29 is 4.74 Å². The second-order valence-corrected chi connectivity index (χ2v) is 6.06. The summed E-state index contributed by atoms with van der Waals surface area (Å²) in [5.74, 6) is 1.87. The van der Waals surface area contributed by atoms with Crippen LogP contribution in [0.1, 0.15) is 51.1 Å². The van der Waals surface area contributed by atoms with Crippen LogP contribution in [0, 0.1) is 5.92 Å². The summed E-state index contributed by atoms with van der Waals surface area (Å²) in [4.78, 5) is 2.55. The van der Waals surface area contributed by atoms with Crippen molar-refractivity contribution in [3.63, 3.8) is 0 Å². The van der Waals surface area contributed by atoms with Crippen LogP contribution in [0.4, 0.5) is 0 Å². The lowest BCUT2D eigenvalue weighted by molar-refractivity contribution is 0.133. The molecule has 0 saturated carbocycles. The Hall–Kier alpha value is -1.06. The highest BCUT2D eigenvalue weighted by Crippen LogP contribution is 2.29. The van der Waals surface area contributed by atoms with Gasteiger partial charge in [0.1, 0.15) is 5.75 Å². The first-order valence-corrected chi connectivity index (χ1v) is 8.45. The molecule has 1 aliphatic heterocycles. The Labute approximate surface area is 129 Å². The van der Waals surface area contributed by atoms with Gasteiger partial charge in [-0.25, -0.2) is 0 Å². The molecule has 0 spiro atoms. The predicted octanol–water partition coefficient (Wildman–Crippen LogP) is 3.60. The van der Waals surface area contributed by atoms with Gasteiger partial charge in [0.15, 0.2) is 0 Å². The standard InChI is InChI=1S/C18H30N2O/c1-3-12-21-17-7-5-6-16(13-17)18(14-19)20-10-8-15(4-2)9-11-20/h5-7,13,15,18H,3-4,8-12,14,19H2,1-2H3. The van der Waals surface area contributed by atoms with E-state index in [-0.39, 0.29) is 0 Å². The fourth-order valence-corrected chi connectivity index (χ4v) is 3.20. The molecule has 1 fully saturated rings. The summed E-state index contributed by atoms with van der Waals surface area (Å²) in [5, 5.41) is 0. The van der Waals surface area contributed by atoms with Gasteiger partial charge in [0, 0.05) is 12.6 Å². The number of likely N-dealkylation sites (tertiary alicyclic amines) is 1. The van der Waals surface area contributed by atoms with Gasteiger partial charge < -0.3 is 10.5 Å². The first-order chi connectivity index (χ1) is 10.3. The molecule has 1 heterocycles. The van der Waals surface area contributed by atoms with Crippen LogP contribution in [0.3, 0.4) is 0 Å². The second kappa shape index (κ2) is 8.40. The Bertz CT molecular complexity index is 413. The number of hydrogen-bond acceptors (Lipinski definition) is 3. The highest BCUT2D eigenvalue weighted by molar-refractivity contribution is 5.31. The van der Waals surface area contributed by atoms with E-state index in [1.807, 2.05) is 6.07 Å². The van der Waals surface area contributed by atoms with Crippen molar-refractivity contribution in [1.29, 1.82) is 0 Å². The Morgan fingerprint density at radius 1 is 1.29 bits per heavy atom. The molecule has 1 aromatic carbocycles. The van der Waals surface area contributed by atoms with Crippen LogP contribution in [0.5, 0.6) is 5.75 Å². The summed E-state index contributed by atoms with van der Waals surface area (Å²) >= 11 is 0. The fourth-order valence-electron chi connectivity index (χ4n) is 3.20. The maximum Gasteiger partial charge on any atom is 0.119 e. The van der Waals surface area contributed by atoms with E-state index in [0.717, 1.165) is 24.7 Å². The minimum Gasteiger partial charge on any atom is -0.494 e. The molecule has 118 valence electrons. The summed E-state index contributed by atoms with van der Waals surface area (Å²) in [6.45, 7) is 8.22. The van der Waals surface area contributed by atoms with E-state index >= 15 is 0 Å². The van der Waals surface area contributed by atoms with Crippen LogP contribution in [0.15, 0.2) is 24.3 Å². The summed E-state index contributed by atoms with van der Waals surface area (Å²) in [7, 11) is 0. The largest absolute Gasteiger partial charge is 0.494 e. The normalized spacial score (nSPS) is 18.6. The fraction of sp³-hybridized carbons (Fsp3) is 0.667. The van der Waals surface area contributed by atoms with Crippen LogP contribution in [0.25, 0.3) is 0 Å². The van der Waals surface area contributed by atoms with Gasteiger partial charge >= 0.3 is 0 Å². The molecule has 3 heteroatoms. The van der Waals surface area contributed by atoms with E-state index in [0.29, 0.717) is 12.6 Å². The lowest BCUT2D eigenvalue weighted by Crippen LogP contribution is -2.39. The lowest BCUT2D eigenvalue weighted by Gasteiger charge is -2.37. The molecule has 1 saturated heterocycles. The van der Waals surface area contributed by atoms with Gasteiger partial charge in [-0.2, -0.15) is 0 Å². The van der Waals surface area contributed by atoms with E-state index < -0.39 is 0 Å². The van der Waals surface area contributed by atoms with Gasteiger partial charge in [-0.05, 0) is 56.0 Å². The van der Waals surface area contributed by atoms with Gasteiger partial charge in [0.2, 0.25) is 0 Å². The summed E-state index contributed by atoms with van der Waals surface area (Å²) in [5.41, 5.74) is 7.36. The predicted molar refractivity (Wildman–Crippen MR) is 88.6 cm³/mol. The molecular weight excluding hydrogens is 260 g/mol. The maximum atomic E-state index is 6.07. The first-order valence-electron chi connectivity index (χ1n) is 8.45. The number of nitrogens with two attached hydrogens (primary N) is 1.